The molecule has 0 aliphatic rings. The minimum Gasteiger partial charge on any atom is -0.462 e. The predicted molar refractivity (Wildman–Crippen MR) is 187 cm³/mol. The molecule has 0 radical (unpaired) electrons. The number of esters is 2. The number of rotatable bonds is 31. The Morgan fingerprint density at radius 1 is 0.545 bits per heavy atom. The molecule has 0 aromatic heterocycles. The molecule has 1 atom stereocenters. The second-order valence-electron chi connectivity index (χ2n) is 11.6. The SMILES string of the molecule is CC/C=C\C/C=C\C/C=C\C/C=C\C/C=C\CCCC(=O)OC[C@H](CO)OC(=O)CCCCCCCCCCCCCCC. The molecule has 0 spiro atoms. The van der Waals surface area contributed by atoms with Crippen molar-refractivity contribution in [3.8, 4) is 0 Å². The molecule has 0 bridgehead atoms. The van der Waals surface area contributed by atoms with Crippen LogP contribution in [-0.4, -0.2) is 36.4 Å². The fourth-order valence-electron chi connectivity index (χ4n) is 4.65. The number of allylic oxidation sites excluding steroid dienone is 10. The highest BCUT2D eigenvalue weighted by molar-refractivity contribution is 5.70. The van der Waals surface area contributed by atoms with Gasteiger partial charge in [-0.2, -0.15) is 0 Å². The van der Waals surface area contributed by atoms with Crippen LogP contribution in [0.2, 0.25) is 0 Å². The van der Waals surface area contributed by atoms with Crippen molar-refractivity contribution in [2.45, 2.75) is 161 Å². The zero-order valence-corrected chi connectivity index (χ0v) is 28.4. The largest absolute Gasteiger partial charge is 0.462 e. The fourth-order valence-corrected chi connectivity index (χ4v) is 4.65. The summed E-state index contributed by atoms with van der Waals surface area (Å²) >= 11 is 0. The Labute approximate surface area is 271 Å². The number of carbonyl (C=O) groups is 2. The van der Waals surface area contributed by atoms with Gasteiger partial charge >= 0.3 is 11.9 Å². The van der Waals surface area contributed by atoms with E-state index in [4.69, 9.17) is 9.47 Å². The van der Waals surface area contributed by atoms with E-state index in [1.165, 1.54) is 64.2 Å². The van der Waals surface area contributed by atoms with Crippen molar-refractivity contribution >= 4 is 11.9 Å². The lowest BCUT2D eigenvalue weighted by Gasteiger charge is -2.15. The van der Waals surface area contributed by atoms with Crippen LogP contribution in [0.4, 0.5) is 0 Å². The van der Waals surface area contributed by atoms with Gasteiger partial charge in [0.15, 0.2) is 6.10 Å². The molecule has 0 rings (SSSR count). The number of ether oxygens (including phenoxy) is 2. The third kappa shape index (κ3) is 32.5. The van der Waals surface area contributed by atoms with Crippen molar-refractivity contribution < 1.29 is 24.2 Å². The molecule has 0 saturated heterocycles. The number of hydrogen-bond donors (Lipinski definition) is 1. The van der Waals surface area contributed by atoms with E-state index < -0.39 is 6.10 Å². The maximum atomic E-state index is 12.1. The summed E-state index contributed by atoms with van der Waals surface area (Å²) in [6, 6.07) is 0. The summed E-state index contributed by atoms with van der Waals surface area (Å²) in [5.41, 5.74) is 0. The highest BCUT2D eigenvalue weighted by Gasteiger charge is 2.16. The number of hydrogen-bond acceptors (Lipinski definition) is 5. The first-order chi connectivity index (χ1) is 21.6. The molecule has 0 aliphatic heterocycles. The maximum Gasteiger partial charge on any atom is 0.306 e. The van der Waals surface area contributed by atoms with E-state index in [1.54, 1.807) is 0 Å². The van der Waals surface area contributed by atoms with Crippen LogP contribution in [0, 0.1) is 0 Å². The van der Waals surface area contributed by atoms with Crippen LogP contribution >= 0.6 is 0 Å². The minimum absolute atomic E-state index is 0.0959. The van der Waals surface area contributed by atoms with Crippen LogP contribution in [0.3, 0.4) is 0 Å². The van der Waals surface area contributed by atoms with E-state index in [9.17, 15) is 14.7 Å². The maximum absolute atomic E-state index is 12.1. The predicted octanol–water partition coefficient (Wildman–Crippen LogP) is 10.8. The summed E-state index contributed by atoms with van der Waals surface area (Å²) in [4.78, 5) is 24.1. The van der Waals surface area contributed by atoms with Crippen molar-refractivity contribution in [1.29, 1.82) is 0 Å². The first-order valence-electron chi connectivity index (χ1n) is 17.8. The van der Waals surface area contributed by atoms with Gasteiger partial charge in [-0.1, -0.05) is 152 Å². The topological polar surface area (TPSA) is 72.8 Å². The van der Waals surface area contributed by atoms with Gasteiger partial charge in [-0.15, -0.1) is 0 Å². The quantitative estimate of drug-likeness (QED) is 0.0478. The Balaban J connectivity index is 3.70. The lowest BCUT2D eigenvalue weighted by molar-refractivity contribution is -0.161. The molecule has 5 heteroatoms. The number of unbranched alkanes of at least 4 members (excludes halogenated alkanes) is 13. The first-order valence-corrected chi connectivity index (χ1v) is 17.8. The smallest absolute Gasteiger partial charge is 0.306 e. The highest BCUT2D eigenvalue weighted by atomic mass is 16.6. The highest BCUT2D eigenvalue weighted by Crippen LogP contribution is 2.13. The Bertz CT molecular complexity index is 792. The van der Waals surface area contributed by atoms with Crippen LogP contribution in [0.5, 0.6) is 0 Å². The van der Waals surface area contributed by atoms with Gasteiger partial charge in [0.1, 0.15) is 6.61 Å². The molecule has 0 saturated carbocycles. The molecule has 0 aliphatic carbocycles. The molecule has 0 unspecified atom stereocenters. The molecular formula is C39H66O5. The van der Waals surface area contributed by atoms with Gasteiger partial charge in [-0.3, -0.25) is 9.59 Å². The van der Waals surface area contributed by atoms with Gasteiger partial charge in [-0.05, 0) is 51.4 Å². The van der Waals surface area contributed by atoms with E-state index >= 15 is 0 Å². The molecule has 1 N–H and O–H groups in total. The number of carbonyl (C=O) groups excluding carboxylic acids is 2. The Morgan fingerprint density at radius 2 is 0.977 bits per heavy atom. The van der Waals surface area contributed by atoms with Gasteiger partial charge < -0.3 is 14.6 Å². The average molecular weight is 615 g/mol. The monoisotopic (exact) mass is 614 g/mol. The van der Waals surface area contributed by atoms with Gasteiger partial charge in [0, 0.05) is 12.8 Å². The molecule has 0 amide bonds. The van der Waals surface area contributed by atoms with Gasteiger partial charge in [-0.25, -0.2) is 0 Å². The molecule has 5 nitrogen and oxygen atoms in total. The summed E-state index contributed by atoms with van der Waals surface area (Å²) in [7, 11) is 0. The van der Waals surface area contributed by atoms with E-state index in [-0.39, 0.29) is 25.2 Å². The van der Waals surface area contributed by atoms with Crippen molar-refractivity contribution in [3.63, 3.8) is 0 Å². The molecular weight excluding hydrogens is 548 g/mol. The van der Waals surface area contributed by atoms with Crippen molar-refractivity contribution in [3.05, 3.63) is 60.8 Å². The van der Waals surface area contributed by atoms with Crippen LogP contribution in [0.15, 0.2) is 60.8 Å². The van der Waals surface area contributed by atoms with Crippen LogP contribution in [0.25, 0.3) is 0 Å². The lowest BCUT2D eigenvalue weighted by Crippen LogP contribution is -2.28. The second kappa shape index (κ2) is 35.1. The van der Waals surface area contributed by atoms with Gasteiger partial charge in [0.25, 0.3) is 0 Å². The van der Waals surface area contributed by atoms with Crippen molar-refractivity contribution in [2.75, 3.05) is 13.2 Å². The number of aliphatic hydroxyl groups excluding tert-OH is 1. The Kier molecular flexibility index (Phi) is 33.2. The van der Waals surface area contributed by atoms with Gasteiger partial charge in [0.05, 0.1) is 6.61 Å². The van der Waals surface area contributed by atoms with E-state index in [2.05, 4.69) is 74.6 Å². The normalized spacial score (nSPS) is 12.9. The molecule has 0 heterocycles. The molecule has 0 aromatic rings. The van der Waals surface area contributed by atoms with Crippen molar-refractivity contribution in [1.82, 2.24) is 0 Å². The first kappa shape index (κ1) is 41.6. The fraction of sp³-hybridized carbons (Fsp3) is 0.692. The molecule has 0 fully saturated rings. The van der Waals surface area contributed by atoms with Gasteiger partial charge in [0.2, 0.25) is 0 Å². The van der Waals surface area contributed by atoms with E-state index in [1.807, 2.05) is 0 Å². The number of aliphatic hydroxyl groups is 1. The van der Waals surface area contributed by atoms with E-state index in [0.29, 0.717) is 19.3 Å². The van der Waals surface area contributed by atoms with Crippen LogP contribution in [0.1, 0.15) is 155 Å². The summed E-state index contributed by atoms with van der Waals surface area (Å²) in [6.45, 7) is 3.95. The Hall–Kier alpha value is -2.40. The molecule has 0 aromatic carbocycles. The third-order valence-corrected chi connectivity index (χ3v) is 7.33. The summed E-state index contributed by atoms with van der Waals surface area (Å²) < 4.78 is 10.5. The zero-order valence-electron chi connectivity index (χ0n) is 28.4. The summed E-state index contributed by atoms with van der Waals surface area (Å²) in [5, 5.41) is 9.51. The molecule has 252 valence electrons. The summed E-state index contributed by atoms with van der Waals surface area (Å²) in [5.74, 6) is -0.662. The standard InChI is InChI=1S/C39H66O5/c1-3-5-7-9-11-13-15-17-18-19-20-22-23-25-27-29-31-33-38(41)43-36-37(35-40)44-39(42)34-32-30-28-26-24-21-16-14-12-10-8-6-4-2/h5,7,11,13,17-18,20,22,25,27,37,40H,3-4,6,8-10,12,14-16,19,21,23-24,26,28-36H2,1-2H3/b7-5-,13-11-,18-17-,22-20-,27-25-/t37-/m0/s1. The van der Waals surface area contributed by atoms with E-state index in [0.717, 1.165) is 57.8 Å². The Morgan fingerprint density at radius 3 is 1.45 bits per heavy atom. The molecule has 44 heavy (non-hydrogen) atoms. The summed E-state index contributed by atoms with van der Waals surface area (Å²) in [6.07, 6.45) is 44.2. The second-order valence-corrected chi connectivity index (χ2v) is 11.6. The van der Waals surface area contributed by atoms with Crippen molar-refractivity contribution in [2.24, 2.45) is 0 Å². The third-order valence-electron chi connectivity index (χ3n) is 7.33. The lowest BCUT2D eigenvalue weighted by atomic mass is 10.0. The van der Waals surface area contributed by atoms with Crippen LogP contribution in [-0.2, 0) is 19.1 Å². The average Bonchev–Trinajstić information content (AvgIpc) is 3.02. The zero-order chi connectivity index (χ0) is 32.2. The van der Waals surface area contributed by atoms with Crippen LogP contribution < -0.4 is 0 Å². The minimum atomic E-state index is -0.792.